The zero-order valence-electron chi connectivity index (χ0n) is 17.4. The highest BCUT2D eigenvalue weighted by molar-refractivity contribution is 5.96. The first-order chi connectivity index (χ1) is 15.1. The second-order valence-electron chi connectivity index (χ2n) is 6.74. The lowest BCUT2D eigenvalue weighted by Gasteiger charge is -2.22. The molecule has 9 nitrogen and oxygen atoms in total. The van der Waals surface area contributed by atoms with Crippen LogP contribution in [0.15, 0.2) is 36.5 Å². The van der Waals surface area contributed by atoms with Crippen LogP contribution in [0.4, 0.5) is 13.2 Å². The van der Waals surface area contributed by atoms with E-state index in [1.165, 1.54) is 32.0 Å². The van der Waals surface area contributed by atoms with Crippen LogP contribution in [-0.4, -0.2) is 46.4 Å². The summed E-state index contributed by atoms with van der Waals surface area (Å²) < 4.78 is 49.2. The van der Waals surface area contributed by atoms with E-state index in [-0.39, 0.29) is 25.3 Å². The zero-order valence-corrected chi connectivity index (χ0v) is 17.4. The van der Waals surface area contributed by atoms with Crippen LogP contribution in [-0.2, 0) is 31.8 Å². The van der Waals surface area contributed by atoms with E-state index >= 15 is 0 Å². The van der Waals surface area contributed by atoms with Crippen molar-refractivity contribution in [2.24, 2.45) is 5.92 Å². The van der Waals surface area contributed by atoms with Crippen LogP contribution >= 0.6 is 0 Å². The maximum absolute atomic E-state index is 12.8. The zero-order chi connectivity index (χ0) is 23.9. The molecule has 1 atom stereocenters. The van der Waals surface area contributed by atoms with Crippen molar-refractivity contribution < 1.29 is 37.2 Å². The van der Waals surface area contributed by atoms with Gasteiger partial charge < -0.3 is 9.47 Å². The molecular weight excluding hydrogens is 435 g/mol. The Labute approximate surface area is 181 Å². The number of nitrogens with zero attached hydrogens (tertiary/aromatic N) is 3. The second kappa shape index (κ2) is 10.7. The second-order valence-corrected chi connectivity index (χ2v) is 6.74. The molecule has 2 aromatic rings. The number of rotatable bonds is 10. The number of carbonyl (C=O) groups excluding carboxylic acids is 2. The monoisotopic (exact) mass is 457 g/mol. The lowest BCUT2D eigenvalue weighted by atomic mass is 9.85. The third-order valence-corrected chi connectivity index (χ3v) is 4.48. The van der Waals surface area contributed by atoms with Crippen molar-refractivity contribution >= 4 is 11.9 Å². The molecule has 0 saturated heterocycles. The molecule has 0 aliphatic rings. The summed E-state index contributed by atoms with van der Waals surface area (Å²) in [6.45, 7) is 2.16. The summed E-state index contributed by atoms with van der Waals surface area (Å²) >= 11 is 0. The van der Waals surface area contributed by atoms with Crippen LogP contribution in [0.3, 0.4) is 0 Å². The number of hydrogen-bond donors (Lipinski definition) is 0. The largest absolute Gasteiger partial charge is 0.465 e. The molecule has 174 valence electrons. The molecular formula is C20H22F3N3O6. The molecule has 1 unspecified atom stereocenters. The number of esters is 2. The standard InChI is InChI=1S/C20H22F3N3O6/c1-3-31-18(27)17(19(28)32-4-2)15(12-26(29)30)14-7-5-6-13(10-14)11-25-9-8-16(24-25)20(21,22)23/h5-10,15,17H,3-4,11-12H2,1-2H3. The SMILES string of the molecule is CCOC(=O)C(C(=O)OCC)C(C[N+](=O)[O-])c1cccc(Cn2ccc(C(F)(F)F)n2)c1. The van der Waals surface area contributed by atoms with Crippen LogP contribution < -0.4 is 0 Å². The maximum atomic E-state index is 12.8. The number of benzene rings is 1. The summed E-state index contributed by atoms with van der Waals surface area (Å²) in [7, 11) is 0. The van der Waals surface area contributed by atoms with Gasteiger partial charge >= 0.3 is 18.1 Å². The lowest BCUT2D eigenvalue weighted by Crippen LogP contribution is -2.36. The van der Waals surface area contributed by atoms with Gasteiger partial charge in [-0.25, -0.2) is 0 Å². The molecule has 0 saturated carbocycles. The van der Waals surface area contributed by atoms with Crippen molar-refractivity contribution in [1.29, 1.82) is 0 Å². The van der Waals surface area contributed by atoms with E-state index in [1.54, 1.807) is 6.07 Å². The molecule has 0 N–H and O–H groups in total. The van der Waals surface area contributed by atoms with Crippen LogP contribution in [0.1, 0.15) is 36.6 Å². The van der Waals surface area contributed by atoms with Gasteiger partial charge in [-0.15, -0.1) is 0 Å². The Kier molecular flexibility index (Phi) is 8.33. The number of hydrogen-bond acceptors (Lipinski definition) is 7. The van der Waals surface area contributed by atoms with Crippen LogP contribution in [0.5, 0.6) is 0 Å². The molecule has 1 aromatic heterocycles. The normalized spacial score (nSPS) is 12.4. The van der Waals surface area contributed by atoms with Gasteiger partial charge in [0, 0.05) is 11.1 Å². The van der Waals surface area contributed by atoms with Crippen LogP contribution in [0.25, 0.3) is 0 Å². The fraction of sp³-hybridized carbons (Fsp3) is 0.450. The number of carbonyl (C=O) groups is 2. The average Bonchev–Trinajstić information content (AvgIpc) is 3.17. The van der Waals surface area contributed by atoms with Gasteiger partial charge in [-0.2, -0.15) is 18.3 Å². The fourth-order valence-corrected chi connectivity index (χ4v) is 3.16. The molecule has 1 heterocycles. The maximum Gasteiger partial charge on any atom is 0.435 e. The summed E-state index contributed by atoms with van der Waals surface area (Å²) in [4.78, 5) is 35.6. The molecule has 32 heavy (non-hydrogen) atoms. The molecule has 0 fully saturated rings. The first-order valence-corrected chi connectivity index (χ1v) is 9.71. The molecule has 0 aliphatic carbocycles. The average molecular weight is 457 g/mol. The molecule has 1 aromatic carbocycles. The summed E-state index contributed by atoms with van der Waals surface area (Å²) in [6, 6.07) is 6.92. The minimum absolute atomic E-state index is 0.0409. The molecule has 0 spiro atoms. The van der Waals surface area contributed by atoms with E-state index < -0.39 is 47.1 Å². The summed E-state index contributed by atoms with van der Waals surface area (Å²) in [6.07, 6.45) is -3.43. The Morgan fingerprint density at radius 1 is 1.16 bits per heavy atom. The quantitative estimate of drug-likeness (QED) is 0.233. The van der Waals surface area contributed by atoms with E-state index in [9.17, 15) is 32.9 Å². The molecule has 12 heteroatoms. The Bertz CT molecular complexity index is 942. The van der Waals surface area contributed by atoms with Crippen molar-refractivity contribution in [2.75, 3.05) is 19.8 Å². The first-order valence-electron chi connectivity index (χ1n) is 9.71. The van der Waals surface area contributed by atoms with Crippen molar-refractivity contribution in [3.63, 3.8) is 0 Å². The van der Waals surface area contributed by atoms with Crippen molar-refractivity contribution in [2.45, 2.75) is 32.5 Å². The fourth-order valence-electron chi connectivity index (χ4n) is 3.16. The highest BCUT2D eigenvalue weighted by atomic mass is 19.4. The predicted octanol–water partition coefficient (Wildman–Crippen LogP) is 3.05. The Morgan fingerprint density at radius 2 is 1.78 bits per heavy atom. The van der Waals surface area contributed by atoms with Gasteiger partial charge in [-0.05, 0) is 31.0 Å². The third kappa shape index (κ3) is 6.53. The highest BCUT2D eigenvalue weighted by Crippen LogP contribution is 2.30. The van der Waals surface area contributed by atoms with E-state index in [0.29, 0.717) is 5.56 Å². The van der Waals surface area contributed by atoms with Gasteiger partial charge in [-0.1, -0.05) is 24.3 Å². The summed E-state index contributed by atoms with van der Waals surface area (Å²) in [5.41, 5.74) is -0.308. The summed E-state index contributed by atoms with van der Waals surface area (Å²) in [5, 5.41) is 14.8. The summed E-state index contributed by atoms with van der Waals surface area (Å²) in [5.74, 6) is -4.68. The van der Waals surface area contributed by atoms with Crippen molar-refractivity contribution in [1.82, 2.24) is 9.78 Å². The van der Waals surface area contributed by atoms with Gasteiger partial charge in [0.1, 0.15) is 0 Å². The molecule has 2 rings (SSSR count). The van der Waals surface area contributed by atoms with Gasteiger partial charge in [0.2, 0.25) is 6.54 Å². The number of alkyl halides is 3. The smallest absolute Gasteiger partial charge is 0.435 e. The number of aromatic nitrogens is 2. The number of ether oxygens (including phenoxy) is 2. The van der Waals surface area contributed by atoms with E-state index in [2.05, 4.69) is 5.10 Å². The highest BCUT2D eigenvalue weighted by Gasteiger charge is 2.41. The lowest BCUT2D eigenvalue weighted by molar-refractivity contribution is -0.484. The van der Waals surface area contributed by atoms with Crippen molar-refractivity contribution in [3.05, 3.63) is 63.5 Å². The van der Waals surface area contributed by atoms with Gasteiger partial charge in [-0.3, -0.25) is 24.4 Å². The molecule has 0 aliphatic heterocycles. The van der Waals surface area contributed by atoms with E-state index in [4.69, 9.17) is 9.47 Å². The van der Waals surface area contributed by atoms with Gasteiger partial charge in [0.05, 0.1) is 25.7 Å². The minimum Gasteiger partial charge on any atom is -0.465 e. The van der Waals surface area contributed by atoms with Gasteiger partial charge in [0.25, 0.3) is 0 Å². The van der Waals surface area contributed by atoms with E-state index in [1.807, 2.05) is 0 Å². The van der Waals surface area contributed by atoms with Crippen LogP contribution in [0.2, 0.25) is 0 Å². The number of nitro groups is 1. The minimum atomic E-state index is -4.59. The molecule has 0 bridgehead atoms. The first kappa shape index (κ1) is 24.8. The topological polar surface area (TPSA) is 114 Å². The molecule has 0 amide bonds. The Hall–Kier alpha value is -3.44. The number of halogens is 3. The van der Waals surface area contributed by atoms with Gasteiger partial charge in [0.15, 0.2) is 11.6 Å². The van der Waals surface area contributed by atoms with Crippen LogP contribution in [0, 0.1) is 16.0 Å². The van der Waals surface area contributed by atoms with Crippen molar-refractivity contribution in [3.8, 4) is 0 Å². The predicted molar refractivity (Wildman–Crippen MR) is 104 cm³/mol. The Morgan fingerprint density at radius 3 is 2.28 bits per heavy atom. The van der Waals surface area contributed by atoms with E-state index in [0.717, 1.165) is 16.9 Å². The molecule has 0 radical (unpaired) electrons. The third-order valence-electron chi connectivity index (χ3n) is 4.48. The Balaban J connectivity index is 2.39.